The van der Waals surface area contributed by atoms with Crippen molar-refractivity contribution in [3.8, 4) is 5.75 Å². The molecule has 0 spiro atoms. The van der Waals surface area contributed by atoms with Crippen LogP contribution >= 0.6 is 15.9 Å². The Morgan fingerprint density at radius 2 is 1.96 bits per heavy atom. The van der Waals surface area contributed by atoms with Crippen molar-refractivity contribution >= 4 is 27.5 Å². The lowest BCUT2D eigenvalue weighted by molar-refractivity contribution is 0.0988. The number of amides is 1. The van der Waals surface area contributed by atoms with Gasteiger partial charge in [0, 0.05) is 21.4 Å². The smallest absolute Gasteiger partial charge is 0.279 e. The number of hydrogen-bond acceptors (Lipinski definition) is 3. The molecule has 1 amide bonds. The summed E-state index contributed by atoms with van der Waals surface area (Å²) < 4.78 is 6.33. The van der Waals surface area contributed by atoms with Crippen LogP contribution in [0.15, 0.2) is 53.0 Å². The van der Waals surface area contributed by atoms with Gasteiger partial charge in [-0.25, -0.2) is 0 Å². The van der Waals surface area contributed by atoms with Crippen LogP contribution < -0.4 is 9.64 Å². The Kier molecular flexibility index (Phi) is 3.84. The number of aromatic nitrogens is 2. The van der Waals surface area contributed by atoms with E-state index >= 15 is 0 Å². The molecule has 6 heteroatoms. The van der Waals surface area contributed by atoms with Crippen molar-refractivity contribution in [3.05, 3.63) is 75.5 Å². The van der Waals surface area contributed by atoms with Gasteiger partial charge in [-0.2, -0.15) is 5.10 Å². The Morgan fingerprint density at radius 3 is 2.68 bits per heavy atom. The highest BCUT2D eigenvalue weighted by molar-refractivity contribution is 9.10. The predicted octanol–water partition coefficient (Wildman–Crippen LogP) is 4.24. The van der Waals surface area contributed by atoms with Crippen molar-refractivity contribution in [3.63, 3.8) is 0 Å². The Bertz CT molecular complexity index is 950. The number of anilines is 1. The summed E-state index contributed by atoms with van der Waals surface area (Å²) in [6.07, 6.45) is 0. The minimum absolute atomic E-state index is 0.102. The number of aryl methyl sites for hydroxylation is 1. The zero-order valence-electron chi connectivity index (χ0n) is 13.8. The molecule has 0 saturated heterocycles. The number of H-pyrrole nitrogens is 1. The number of carbonyl (C=O) groups is 1. The van der Waals surface area contributed by atoms with E-state index in [-0.39, 0.29) is 11.9 Å². The molecule has 0 aliphatic carbocycles. The lowest BCUT2D eigenvalue weighted by Gasteiger charge is -2.26. The largest absolute Gasteiger partial charge is 0.497 e. The molecule has 1 aromatic heterocycles. The van der Waals surface area contributed by atoms with Crippen LogP contribution in [0.1, 0.15) is 33.4 Å². The molecule has 1 atom stereocenters. The van der Waals surface area contributed by atoms with Gasteiger partial charge in [0.1, 0.15) is 5.75 Å². The Labute approximate surface area is 153 Å². The maximum atomic E-state index is 13.0. The van der Waals surface area contributed by atoms with E-state index in [9.17, 15) is 4.79 Å². The number of methoxy groups -OCH3 is 1. The number of nitrogens with one attached hydrogen (secondary N) is 1. The van der Waals surface area contributed by atoms with Gasteiger partial charge in [-0.1, -0.05) is 28.1 Å². The minimum Gasteiger partial charge on any atom is -0.497 e. The Hall–Kier alpha value is -2.60. The van der Waals surface area contributed by atoms with Gasteiger partial charge in [-0.3, -0.25) is 14.8 Å². The van der Waals surface area contributed by atoms with E-state index in [2.05, 4.69) is 26.1 Å². The molecule has 25 heavy (non-hydrogen) atoms. The second-order valence-corrected chi connectivity index (χ2v) is 6.86. The van der Waals surface area contributed by atoms with Crippen LogP contribution in [0.2, 0.25) is 0 Å². The van der Waals surface area contributed by atoms with Crippen LogP contribution in [-0.4, -0.2) is 23.2 Å². The standard InChI is InChI=1S/C19H16BrN3O2/c1-11-16-17(22-21-11)19(24)23(14-8-6-13(20)7-9-14)18(16)12-4-3-5-15(10-12)25-2/h3-10,18H,1-2H3,(H,21,22)/t18-/m0/s1. The third kappa shape index (κ3) is 2.53. The molecule has 0 bridgehead atoms. The molecule has 4 rings (SSSR count). The quantitative estimate of drug-likeness (QED) is 0.718. The van der Waals surface area contributed by atoms with Gasteiger partial charge >= 0.3 is 0 Å². The molecule has 126 valence electrons. The van der Waals surface area contributed by atoms with E-state index in [1.807, 2.05) is 55.5 Å². The van der Waals surface area contributed by atoms with Crippen molar-refractivity contribution < 1.29 is 9.53 Å². The van der Waals surface area contributed by atoms with Crippen molar-refractivity contribution in [2.24, 2.45) is 0 Å². The normalized spacial score (nSPS) is 16.2. The lowest BCUT2D eigenvalue weighted by atomic mass is 9.98. The summed E-state index contributed by atoms with van der Waals surface area (Å²) in [6.45, 7) is 1.94. The highest BCUT2D eigenvalue weighted by Crippen LogP contribution is 2.43. The highest BCUT2D eigenvalue weighted by Gasteiger charge is 2.42. The molecule has 1 aliphatic rings. The summed E-state index contributed by atoms with van der Waals surface area (Å²) in [6, 6.07) is 15.3. The van der Waals surface area contributed by atoms with Gasteiger partial charge in [0.25, 0.3) is 5.91 Å². The maximum absolute atomic E-state index is 13.0. The van der Waals surface area contributed by atoms with Crippen LogP contribution in [0, 0.1) is 6.92 Å². The molecule has 0 unspecified atom stereocenters. The summed E-state index contributed by atoms with van der Waals surface area (Å²) in [4.78, 5) is 14.8. The number of rotatable bonds is 3. The van der Waals surface area contributed by atoms with Crippen LogP contribution in [0.3, 0.4) is 0 Å². The van der Waals surface area contributed by atoms with Crippen molar-refractivity contribution in [2.75, 3.05) is 12.0 Å². The van der Waals surface area contributed by atoms with E-state index in [1.54, 1.807) is 12.0 Å². The Morgan fingerprint density at radius 1 is 1.20 bits per heavy atom. The summed E-state index contributed by atoms with van der Waals surface area (Å²) in [5.41, 5.74) is 4.11. The van der Waals surface area contributed by atoms with Gasteiger partial charge in [0.2, 0.25) is 0 Å². The highest BCUT2D eigenvalue weighted by atomic mass is 79.9. The van der Waals surface area contributed by atoms with Crippen molar-refractivity contribution in [2.45, 2.75) is 13.0 Å². The molecule has 0 fully saturated rings. The first-order chi connectivity index (χ1) is 12.1. The number of aromatic amines is 1. The van der Waals surface area contributed by atoms with E-state index in [1.165, 1.54) is 0 Å². The van der Waals surface area contributed by atoms with Gasteiger partial charge in [0.15, 0.2) is 5.69 Å². The van der Waals surface area contributed by atoms with E-state index in [0.29, 0.717) is 5.69 Å². The summed E-state index contributed by atoms with van der Waals surface area (Å²) in [5, 5.41) is 7.17. The van der Waals surface area contributed by atoms with Crippen LogP contribution in [0.5, 0.6) is 5.75 Å². The zero-order valence-corrected chi connectivity index (χ0v) is 15.4. The van der Waals surface area contributed by atoms with Crippen LogP contribution in [0.4, 0.5) is 5.69 Å². The molecule has 0 saturated carbocycles. The van der Waals surface area contributed by atoms with Gasteiger partial charge < -0.3 is 4.74 Å². The van der Waals surface area contributed by atoms with E-state index in [4.69, 9.17) is 4.74 Å². The molecule has 1 N–H and O–H groups in total. The van der Waals surface area contributed by atoms with Gasteiger partial charge in [-0.15, -0.1) is 0 Å². The Balaban J connectivity index is 1.90. The molecule has 0 radical (unpaired) electrons. The van der Waals surface area contributed by atoms with Crippen molar-refractivity contribution in [1.82, 2.24) is 10.2 Å². The number of ether oxygens (including phenoxy) is 1. The first kappa shape index (κ1) is 15.9. The van der Waals surface area contributed by atoms with Crippen LogP contribution in [0.25, 0.3) is 0 Å². The first-order valence-corrected chi connectivity index (χ1v) is 8.67. The predicted molar refractivity (Wildman–Crippen MR) is 99.1 cm³/mol. The molecule has 1 aliphatic heterocycles. The topological polar surface area (TPSA) is 58.2 Å². The fraction of sp³-hybridized carbons (Fsp3) is 0.158. The second-order valence-electron chi connectivity index (χ2n) is 5.94. The summed E-state index contributed by atoms with van der Waals surface area (Å²) in [7, 11) is 1.64. The molecular formula is C19H16BrN3O2. The first-order valence-electron chi connectivity index (χ1n) is 7.88. The number of nitrogens with zero attached hydrogens (tertiary/aromatic N) is 2. The lowest BCUT2D eigenvalue weighted by Crippen LogP contribution is -2.29. The summed E-state index contributed by atoms with van der Waals surface area (Å²) >= 11 is 3.44. The third-order valence-electron chi connectivity index (χ3n) is 4.46. The fourth-order valence-corrected chi connectivity index (χ4v) is 3.56. The fourth-order valence-electron chi connectivity index (χ4n) is 3.29. The SMILES string of the molecule is COc1cccc([C@H]2c3c(n[nH]c3C)C(=O)N2c2ccc(Br)cc2)c1. The molecule has 2 aromatic carbocycles. The molecule has 2 heterocycles. The van der Waals surface area contributed by atoms with E-state index < -0.39 is 0 Å². The number of hydrogen-bond donors (Lipinski definition) is 1. The number of halogens is 1. The number of fused-ring (bicyclic) bond motifs is 1. The molecule has 5 nitrogen and oxygen atoms in total. The average Bonchev–Trinajstić information content (AvgIpc) is 3.14. The second kappa shape index (κ2) is 6.04. The molecular weight excluding hydrogens is 382 g/mol. The van der Waals surface area contributed by atoms with Crippen LogP contribution in [-0.2, 0) is 0 Å². The monoisotopic (exact) mass is 397 g/mol. The zero-order chi connectivity index (χ0) is 17.6. The molecule has 3 aromatic rings. The summed E-state index contributed by atoms with van der Waals surface area (Å²) in [5.74, 6) is 0.657. The third-order valence-corrected chi connectivity index (χ3v) is 4.99. The van der Waals surface area contributed by atoms with E-state index in [0.717, 1.165) is 32.7 Å². The number of carbonyl (C=O) groups excluding carboxylic acids is 1. The van der Waals surface area contributed by atoms with Crippen molar-refractivity contribution in [1.29, 1.82) is 0 Å². The van der Waals surface area contributed by atoms with Gasteiger partial charge in [-0.05, 0) is 48.9 Å². The minimum atomic E-state index is -0.238. The maximum Gasteiger partial charge on any atom is 0.279 e. The average molecular weight is 398 g/mol. The van der Waals surface area contributed by atoms with Gasteiger partial charge in [0.05, 0.1) is 13.2 Å². The number of benzene rings is 2.